The summed E-state index contributed by atoms with van der Waals surface area (Å²) in [5.41, 5.74) is 6.46. The van der Waals surface area contributed by atoms with Crippen molar-refractivity contribution in [1.29, 1.82) is 0 Å². The zero-order valence-electron chi connectivity index (χ0n) is 17.9. The molecular formula is C26H23ClN2O2. The first-order valence-corrected chi connectivity index (χ1v) is 10.4. The van der Waals surface area contributed by atoms with Crippen molar-refractivity contribution in [2.45, 2.75) is 27.7 Å². The fraction of sp³-hybridized carbons (Fsp3) is 0.154. The molecule has 0 saturated heterocycles. The molecule has 5 heteroatoms. The summed E-state index contributed by atoms with van der Waals surface area (Å²) in [7, 11) is 0. The Morgan fingerprint density at radius 3 is 2.16 bits per heavy atom. The van der Waals surface area contributed by atoms with Gasteiger partial charge in [0, 0.05) is 10.7 Å². The van der Waals surface area contributed by atoms with Crippen LogP contribution >= 0.6 is 11.6 Å². The third kappa shape index (κ3) is 3.75. The molecular weight excluding hydrogens is 408 g/mol. The van der Waals surface area contributed by atoms with E-state index in [2.05, 4.69) is 5.32 Å². The van der Waals surface area contributed by atoms with Crippen LogP contribution < -0.4 is 10.2 Å². The summed E-state index contributed by atoms with van der Waals surface area (Å²) in [5, 5.41) is 3.75. The van der Waals surface area contributed by atoms with Crippen LogP contribution in [0.25, 0.3) is 5.57 Å². The Kier molecular flexibility index (Phi) is 5.42. The van der Waals surface area contributed by atoms with E-state index in [0.717, 1.165) is 22.4 Å². The lowest BCUT2D eigenvalue weighted by atomic mass is 10.0. The van der Waals surface area contributed by atoms with Gasteiger partial charge in [-0.05, 0) is 62.6 Å². The van der Waals surface area contributed by atoms with Gasteiger partial charge in [-0.1, -0.05) is 65.2 Å². The molecule has 0 atom stereocenters. The molecule has 1 aliphatic rings. The second-order valence-electron chi connectivity index (χ2n) is 7.89. The standard InChI is InChI=1S/C26H23ClN2O2/c1-15-8-11-19(12-9-15)23-24(28-21-13-10-16(2)14-17(21)3)26(31)29(25(23)30)22-7-5-6-20(27)18(22)4/h5-14,28H,1-4H3. The first-order chi connectivity index (χ1) is 14.8. The lowest BCUT2D eigenvalue weighted by molar-refractivity contribution is -0.120. The van der Waals surface area contributed by atoms with Gasteiger partial charge in [-0.25, -0.2) is 4.90 Å². The van der Waals surface area contributed by atoms with E-state index in [0.29, 0.717) is 27.4 Å². The molecule has 3 aromatic carbocycles. The molecule has 156 valence electrons. The number of benzene rings is 3. The maximum Gasteiger partial charge on any atom is 0.282 e. The molecule has 3 aromatic rings. The molecule has 0 radical (unpaired) electrons. The van der Waals surface area contributed by atoms with Gasteiger partial charge in [0.1, 0.15) is 5.70 Å². The van der Waals surface area contributed by atoms with E-state index in [1.165, 1.54) is 4.90 Å². The van der Waals surface area contributed by atoms with Crippen LogP contribution in [0.2, 0.25) is 5.02 Å². The molecule has 4 nitrogen and oxygen atoms in total. The maximum absolute atomic E-state index is 13.6. The molecule has 2 amide bonds. The van der Waals surface area contributed by atoms with Crippen molar-refractivity contribution < 1.29 is 9.59 Å². The molecule has 0 fully saturated rings. The van der Waals surface area contributed by atoms with Gasteiger partial charge in [-0.3, -0.25) is 9.59 Å². The fourth-order valence-electron chi connectivity index (χ4n) is 3.78. The second-order valence-corrected chi connectivity index (χ2v) is 8.30. The Hall–Kier alpha value is -3.37. The van der Waals surface area contributed by atoms with Crippen LogP contribution in [0.1, 0.15) is 27.8 Å². The molecule has 0 aromatic heterocycles. The number of hydrogen-bond donors (Lipinski definition) is 1. The number of nitrogens with one attached hydrogen (secondary N) is 1. The Bertz CT molecular complexity index is 1240. The fourth-order valence-corrected chi connectivity index (χ4v) is 3.95. The van der Waals surface area contributed by atoms with Crippen molar-refractivity contribution in [2.24, 2.45) is 0 Å². The van der Waals surface area contributed by atoms with Crippen molar-refractivity contribution in [3.8, 4) is 0 Å². The topological polar surface area (TPSA) is 49.4 Å². The lowest BCUT2D eigenvalue weighted by Gasteiger charge is -2.18. The van der Waals surface area contributed by atoms with Gasteiger partial charge in [0.25, 0.3) is 11.8 Å². The zero-order chi connectivity index (χ0) is 22.3. The third-order valence-electron chi connectivity index (χ3n) is 5.55. The van der Waals surface area contributed by atoms with E-state index >= 15 is 0 Å². The first-order valence-electron chi connectivity index (χ1n) is 10.1. The second kappa shape index (κ2) is 8.05. The molecule has 31 heavy (non-hydrogen) atoms. The minimum atomic E-state index is -0.397. The zero-order valence-corrected chi connectivity index (χ0v) is 18.7. The highest BCUT2D eigenvalue weighted by molar-refractivity contribution is 6.46. The summed E-state index contributed by atoms with van der Waals surface area (Å²) in [6.45, 7) is 7.78. The Balaban J connectivity index is 1.87. The van der Waals surface area contributed by atoms with E-state index in [1.54, 1.807) is 25.1 Å². The van der Waals surface area contributed by atoms with Gasteiger partial charge in [-0.15, -0.1) is 0 Å². The van der Waals surface area contributed by atoms with Gasteiger partial charge in [0.05, 0.1) is 11.3 Å². The van der Waals surface area contributed by atoms with E-state index in [4.69, 9.17) is 11.6 Å². The predicted octanol–water partition coefficient (Wildman–Crippen LogP) is 5.97. The van der Waals surface area contributed by atoms with Crippen LogP contribution in [0.3, 0.4) is 0 Å². The largest absolute Gasteiger partial charge is 0.350 e. The number of amides is 2. The first kappa shape index (κ1) is 20.9. The number of carbonyl (C=O) groups excluding carboxylic acids is 2. The molecule has 0 spiro atoms. The Morgan fingerprint density at radius 1 is 0.806 bits per heavy atom. The van der Waals surface area contributed by atoms with Crippen LogP contribution in [0.4, 0.5) is 11.4 Å². The van der Waals surface area contributed by atoms with Crippen LogP contribution in [0.5, 0.6) is 0 Å². The highest BCUT2D eigenvalue weighted by Crippen LogP contribution is 2.37. The number of aryl methyl sites for hydroxylation is 3. The van der Waals surface area contributed by atoms with Gasteiger partial charge in [0.15, 0.2) is 0 Å². The molecule has 1 heterocycles. The maximum atomic E-state index is 13.6. The van der Waals surface area contributed by atoms with E-state index < -0.39 is 5.91 Å². The molecule has 0 aliphatic carbocycles. The number of hydrogen-bond acceptors (Lipinski definition) is 3. The summed E-state index contributed by atoms with van der Waals surface area (Å²) >= 11 is 6.28. The number of imide groups is 1. The Labute approximate surface area is 187 Å². The summed E-state index contributed by atoms with van der Waals surface area (Å²) in [6.07, 6.45) is 0. The summed E-state index contributed by atoms with van der Waals surface area (Å²) in [6, 6.07) is 18.8. The monoisotopic (exact) mass is 430 g/mol. The summed E-state index contributed by atoms with van der Waals surface area (Å²) in [4.78, 5) is 28.3. The van der Waals surface area contributed by atoms with Crippen LogP contribution in [-0.2, 0) is 9.59 Å². The number of nitrogens with zero attached hydrogens (tertiary/aromatic N) is 1. The SMILES string of the molecule is Cc1ccc(C2=C(Nc3ccc(C)cc3C)C(=O)N(c3cccc(Cl)c3C)C2=O)cc1. The van der Waals surface area contributed by atoms with Crippen molar-refractivity contribution in [3.63, 3.8) is 0 Å². The van der Waals surface area contributed by atoms with Crippen LogP contribution in [-0.4, -0.2) is 11.8 Å². The number of rotatable bonds is 4. The van der Waals surface area contributed by atoms with Gasteiger partial charge < -0.3 is 5.32 Å². The van der Waals surface area contributed by atoms with Crippen LogP contribution in [0.15, 0.2) is 66.4 Å². The number of anilines is 2. The van der Waals surface area contributed by atoms with E-state index in [1.807, 2.05) is 63.2 Å². The minimum Gasteiger partial charge on any atom is -0.350 e. The third-order valence-corrected chi connectivity index (χ3v) is 5.96. The predicted molar refractivity (Wildman–Crippen MR) is 126 cm³/mol. The van der Waals surface area contributed by atoms with E-state index in [-0.39, 0.29) is 11.6 Å². The summed E-state index contributed by atoms with van der Waals surface area (Å²) < 4.78 is 0. The lowest BCUT2D eigenvalue weighted by Crippen LogP contribution is -2.33. The van der Waals surface area contributed by atoms with Crippen molar-refractivity contribution in [3.05, 3.63) is 99.2 Å². The minimum absolute atomic E-state index is 0.264. The normalized spacial score (nSPS) is 13.9. The van der Waals surface area contributed by atoms with Gasteiger partial charge in [0.2, 0.25) is 0 Å². The smallest absolute Gasteiger partial charge is 0.282 e. The van der Waals surface area contributed by atoms with Crippen molar-refractivity contribution in [2.75, 3.05) is 10.2 Å². The van der Waals surface area contributed by atoms with Gasteiger partial charge >= 0.3 is 0 Å². The molecule has 0 bridgehead atoms. The molecule has 1 aliphatic heterocycles. The molecule has 4 rings (SSSR count). The quantitative estimate of drug-likeness (QED) is 0.518. The highest BCUT2D eigenvalue weighted by Gasteiger charge is 2.41. The average molecular weight is 431 g/mol. The average Bonchev–Trinajstić information content (AvgIpc) is 2.97. The number of carbonyl (C=O) groups is 2. The molecule has 1 N–H and O–H groups in total. The summed E-state index contributed by atoms with van der Waals surface area (Å²) in [5.74, 6) is -0.766. The molecule has 0 saturated carbocycles. The molecule has 0 unspecified atom stereocenters. The van der Waals surface area contributed by atoms with Crippen molar-refractivity contribution >= 4 is 40.4 Å². The van der Waals surface area contributed by atoms with Crippen molar-refractivity contribution in [1.82, 2.24) is 0 Å². The highest BCUT2D eigenvalue weighted by atomic mass is 35.5. The van der Waals surface area contributed by atoms with Crippen LogP contribution in [0, 0.1) is 27.7 Å². The Morgan fingerprint density at radius 2 is 1.48 bits per heavy atom. The number of halogens is 1. The van der Waals surface area contributed by atoms with Gasteiger partial charge in [-0.2, -0.15) is 0 Å². The van der Waals surface area contributed by atoms with E-state index in [9.17, 15) is 9.59 Å².